The molecule has 0 bridgehead atoms. The Morgan fingerprint density at radius 1 is 1.56 bits per heavy atom. The molecule has 0 saturated carbocycles. The van der Waals surface area contributed by atoms with Crippen LogP contribution >= 0.6 is 22.7 Å². The number of nitrogens with zero attached hydrogens (tertiary/aromatic N) is 2. The van der Waals surface area contributed by atoms with Gasteiger partial charge in [-0.15, -0.1) is 22.7 Å². The van der Waals surface area contributed by atoms with Crippen LogP contribution in [0, 0.1) is 11.3 Å². The number of rotatable bonds is 3. The molecule has 2 rings (SSSR count). The van der Waals surface area contributed by atoms with Gasteiger partial charge in [0.15, 0.2) is 0 Å². The maximum absolute atomic E-state index is 11.9. The van der Waals surface area contributed by atoms with Gasteiger partial charge in [-0.25, -0.2) is 0 Å². The maximum atomic E-state index is 11.9. The van der Waals surface area contributed by atoms with Crippen LogP contribution in [0.1, 0.15) is 16.1 Å². The lowest BCUT2D eigenvalue weighted by Gasteiger charge is -2.13. The van der Waals surface area contributed by atoms with Crippen molar-refractivity contribution in [2.24, 2.45) is 0 Å². The van der Waals surface area contributed by atoms with Crippen molar-refractivity contribution in [3.8, 4) is 6.07 Å². The minimum Gasteiger partial charge on any atom is -0.340 e. The van der Waals surface area contributed by atoms with E-state index in [1.165, 1.54) is 11.3 Å². The second-order valence-electron chi connectivity index (χ2n) is 3.39. The third-order valence-corrected chi connectivity index (χ3v) is 4.34. The predicted molar refractivity (Wildman–Crippen MR) is 66.9 cm³/mol. The van der Waals surface area contributed by atoms with Gasteiger partial charge in [-0.1, -0.05) is 0 Å². The van der Waals surface area contributed by atoms with E-state index in [1.54, 1.807) is 23.3 Å². The second kappa shape index (κ2) is 4.64. The minimum absolute atomic E-state index is 0.00338. The number of carbonyl (C=O) groups is 1. The molecule has 0 fully saturated rings. The SMILES string of the molecule is CN(CCC#N)C(=O)c1cc2sccc2s1. The Bertz CT molecular complexity index is 521. The van der Waals surface area contributed by atoms with Gasteiger partial charge < -0.3 is 4.90 Å². The normalized spacial score (nSPS) is 10.2. The zero-order chi connectivity index (χ0) is 11.5. The van der Waals surface area contributed by atoms with Gasteiger partial charge in [0, 0.05) is 23.0 Å². The van der Waals surface area contributed by atoms with E-state index in [4.69, 9.17) is 5.26 Å². The quantitative estimate of drug-likeness (QED) is 0.840. The molecule has 0 atom stereocenters. The van der Waals surface area contributed by atoms with Crippen LogP contribution in [0.5, 0.6) is 0 Å². The summed E-state index contributed by atoms with van der Waals surface area (Å²) in [5.74, 6) is 0.00338. The molecule has 82 valence electrons. The summed E-state index contributed by atoms with van der Waals surface area (Å²) in [5.41, 5.74) is 0. The van der Waals surface area contributed by atoms with Crippen LogP contribution in [-0.2, 0) is 0 Å². The molecule has 0 aliphatic rings. The highest BCUT2D eigenvalue weighted by molar-refractivity contribution is 7.27. The van der Waals surface area contributed by atoms with Crippen LogP contribution in [0.25, 0.3) is 9.40 Å². The molecule has 0 aromatic carbocycles. The molecule has 2 aromatic heterocycles. The molecule has 2 heterocycles. The lowest BCUT2D eigenvalue weighted by atomic mass is 10.3. The fourth-order valence-corrected chi connectivity index (χ4v) is 3.48. The summed E-state index contributed by atoms with van der Waals surface area (Å²) in [4.78, 5) is 14.3. The first-order chi connectivity index (χ1) is 7.72. The smallest absolute Gasteiger partial charge is 0.263 e. The topological polar surface area (TPSA) is 44.1 Å². The van der Waals surface area contributed by atoms with Crippen molar-refractivity contribution in [3.63, 3.8) is 0 Å². The molecule has 2 aromatic rings. The largest absolute Gasteiger partial charge is 0.340 e. The number of carbonyl (C=O) groups excluding carboxylic acids is 1. The van der Waals surface area contributed by atoms with E-state index in [2.05, 4.69) is 0 Å². The average Bonchev–Trinajstić information content (AvgIpc) is 2.84. The molecule has 0 spiro atoms. The van der Waals surface area contributed by atoms with E-state index in [9.17, 15) is 4.79 Å². The maximum Gasteiger partial charge on any atom is 0.263 e. The molecule has 3 nitrogen and oxygen atoms in total. The average molecular weight is 250 g/mol. The molecular weight excluding hydrogens is 240 g/mol. The molecule has 5 heteroatoms. The van der Waals surface area contributed by atoms with E-state index < -0.39 is 0 Å². The van der Waals surface area contributed by atoms with E-state index in [0.717, 1.165) is 14.3 Å². The highest BCUT2D eigenvalue weighted by Crippen LogP contribution is 2.30. The van der Waals surface area contributed by atoms with Crippen LogP contribution in [0.15, 0.2) is 17.5 Å². The van der Waals surface area contributed by atoms with Gasteiger partial charge in [0.05, 0.1) is 17.4 Å². The van der Waals surface area contributed by atoms with Crippen molar-refractivity contribution in [3.05, 3.63) is 22.4 Å². The Balaban J connectivity index is 2.16. The van der Waals surface area contributed by atoms with Crippen LogP contribution in [-0.4, -0.2) is 24.4 Å². The first kappa shape index (κ1) is 11.1. The molecule has 0 aliphatic carbocycles. The van der Waals surface area contributed by atoms with Crippen molar-refractivity contribution < 1.29 is 4.79 Å². The summed E-state index contributed by atoms with van der Waals surface area (Å²) in [6, 6.07) is 5.99. The molecule has 0 saturated heterocycles. The second-order valence-corrected chi connectivity index (χ2v) is 5.43. The van der Waals surface area contributed by atoms with Gasteiger partial charge >= 0.3 is 0 Å². The molecule has 0 N–H and O–H groups in total. The monoisotopic (exact) mass is 250 g/mol. The third-order valence-electron chi connectivity index (χ3n) is 2.26. The predicted octanol–water partition coefficient (Wildman–Crippen LogP) is 2.95. The van der Waals surface area contributed by atoms with Crippen LogP contribution in [0.4, 0.5) is 0 Å². The standard InChI is InChI=1S/C11H10N2OS2/c1-13(5-2-4-12)11(14)10-7-9-8(16-10)3-6-15-9/h3,6-7H,2,5H2,1H3. The van der Waals surface area contributed by atoms with Gasteiger partial charge in [0.1, 0.15) is 0 Å². The van der Waals surface area contributed by atoms with Gasteiger partial charge in [-0.2, -0.15) is 5.26 Å². The molecule has 0 aliphatic heterocycles. The Labute approximate surface area is 102 Å². The first-order valence-electron chi connectivity index (χ1n) is 4.82. The molecular formula is C11H10N2OS2. The number of hydrogen-bond donors (Lipinski definition) is 0. The van der Waals surface area contributed by atoms with Gasteiger partial charge in [0.2, 0.25) is 0 Å². The number of hydrogen-bond acceptors (Lipinski definition) is 4. The minimum atomic E-state index is 0.00338. The fourth-order valence-electron chi connectivity index (χ4n) is 1.38. The Morgan fingerprint density at radius 3 is 3.06 bits per heavy atom. The van der Waals surface area contributed by atoms with Gasteiger partial charge in [-0.3, -0.25) is 4.79 Å². The number of amides is 1. The summed E-state index contributed by atoms with van der Waals surface area (Å²) in [5, 5.41) is 10.5. The lowest BCUT2D eigenvalue weighted by molar-refractivity contribution is 0.0803. The molecule has 0 radical (unpaired) electrons. The Hall–Kier alpha value is -1.38. The van der Waals surface area contributed by atoms with E-state index in [-0.39, 0.29) is 5.91 Å². The van der Waals surface area contributed by atoms with E-state index in [0.29, 0.717) is 13.0 Å². The zero-order valence-corrected chi connectivity index (χ0v) is 10.4. The van der Waals surface area contributed by atoms with Crippen LogP contribution in [0.2, 0.25) is 0 Å². The highest BCUT2D eigenvalue weighted by Gasteiger charge is 2.14. The van der Waals surface area contributed by atoms with Crippen LogP contribution in [0.3, 0.4) is 0 Å². The van der Waals surface area contributed by atoms with E-state index >= 15 is 0 Å². The van der Waals surface area contributed by atoms with Crippen molar-refractivity contribution >= 4 is 38.0 Å². The number of thiophene rings is 2. The molecule has 0 unspecified atom stereocenters. The van der Waals surface area contributed by atoms with E-state index in [1.807, 2.05) is 23.6 Å². The fraction of sp³-hybridized carbons (Fsp3) is 0.273. The third kappa shape index (κ3) is 2.08. The number of nitriles is 1. The Kier molecular flexibility index (Phi) is 3.22. The first-order valence-corrected chi connectivity index (χ1v) is 6.51. The lowest BCUT2D eigenvalue weighted by Crippen LogP contribution is -2.26. The van der Waals surface area contributed by atoms with Crippen molar-refractivity contribution in [1.29, 1.82) is 5.26 Å². The molecule has 16 heavy (non-hydrogen) atoms. The summed E-state index contributed by atoms with van der Waals surface area (Å²) in [6.07, 6.45) is 0.377. The highest BCUT2D eigenvalue weighted by atomic mass is 32.1. The summed E-state index contributed by atoms with van der Waals surface area (Å²) >= 11 is 3.15. The van der Waals surface area contributed by atoms with Crippen molar-refractivity contribution in [2.45, 2.75) is 6.42 Å². The summed E-state index contributed by atoms with van der Waals surface area (Å²) in [7, 11) is 1.73. The summed E-state index contributed by atoms with van der Waals surface area (Å²) < 4.78 is 2.31. The number of fused-ring (bicyclic) bond motifs is 1. The van der Waals surface area contributed by atoms with Gasteiger partial charge in [-0.05, 0) is 17.5 Å². The van der Waals surface area contributed by atoms with Gasteiger partial charge in [0.25, 0.3) is 5.91 Å². The van der Waals surface area contributed by atoms with Crippen LogP contribution < -0.4 is 0 Å². The Morgan fingerprint density at radius 2 is 2.38 bits per heavy atom. The van der Waals surface area contributed by atoms with Crippen molar-refractivity contribution in [2.75, 3.05) is 13.6 Å². The zero-order valence-electron chi connectivity index (χ0n) is 8.77. The van der Waals surface area contributed by atoms with Crippen molar-refractivity contribution in [1.82, 2.24) is 4.90 Å². The summed E-state index contributed by atoms with van der Waals surface area (Å²) in [6.45, 7) is 0.487. The molecule has 1 amide bonds.